The second kappa shape index (κ2) is 8.92. The van der Waals surface area contributed by atoms with Gasteiger partial charge in [-0.3, -0.25) is 9.78 Å². The Hall–Kier alpha value is -3.69. The van der Waals surface area contributed by atoms with E-state index < -0.39 is 5.60 Å². The number of pyridine rings is 1. The van der Waals surface area contributed by atoms with E-state index in [1.54, 1.807) is 23.4 Å². The van der Waals surface area contributed by atoms with Gasteiger partial charge in [0.05, 0.1) is 24.5 Å². The fraction of sp³-hybridized carbons (Fsp3) is 0.458. The molecule has 0 radical (unpaired) electrons. The van der Waals surface area contributed by atoms with E-state index in [9.17, 15) is 9.59 Å². The van der Waals surface area contributed by atoms with Crippen LogP contribution < -0.4 is 10.5 Å². The first kappa shape index (κ1) is 23.5. The maximum absolute atomic E-state index is 12.9. The van der Waals surface area contributed by atoms with Crippen molar-refractivity contribution < 1.29 is 14.1 Å². The van der Waals surface area contributed by atoms with Gasteiger partial charge in [-0.05, 0) is 46.8 Å². The molecule has 0 unspecified atom stereocenters. The van der Waals surface area contributed by atoms with Crippen molar-refractivity contribution in [3.63, 3.8) is 0 Å². The predicted octanol–water partition coefficient (Wildman–Crippen LogP) is 3.01. The summed E-state index contributed by atoms with van der Waals surface area (Å²) in [6.45, 7) is 10.6. The summed E-state index contributed by atoms with van der Waals surface area (Å²) < 4.78 is 12.2. The Morgan fingerprint density at radius 2 is 1.97 bits per heavy atom. The molecule has 1 amide bonds. The number of anilines is 1. The van der Waals surface area contributed by atoms with Crippen LogP contribution in [0.5, 0.6) is 0 Å². The van der Waals surface area contributed by atoms with Gasteiger partial charge in [-0.15, -0.1) is 0 Å². The molecule has 4 heterocycles. The minimum Gasteiger partial charge on any atom is -0.444 e. The van der Waals surface area contributed by atoms with Crippen molar-refractivity contribution in [1.82, 2.24) is 24.8 Å². The standard InChI is InChI=1S/C24H30N6O4/c1-15-7-8-17(10-25-15)22-20(16(2)34-27-22)14-30-21(31)9-18(11-26-30)28(6)19-12-29(13-19)23(32)33-24(3,4)5/h7-11,19H,12-14H2,1-6H3. The first-order valence-corrected chi connectivity index (χ1v) is 11.2. The summed E-state index contributed by atoms with van der Waals surface area (Å²) in [6, 6.07) is 5.48. The predicted molar refractivity (Wildman–Crippen MR) is 127 cm³/mol. The number of likely N-dealkylation sites (tertiary alicyclic amines) is 1. The number of rotatable bonds is 5. The van der Waals surface area contributed by atoms with Crippen molar-refractivity contribution in [2.75, 3.05) is 25.0 Å². The highest BCUT2D eigenvalue weighted by Gasteiger charge is 2.36. The number of nitrogens with zero attached hydrogens (tertiary/aromatic N) is 6. The molecule has 34 heavy (non-hydrogen) atoms. The zero-order valence-corrected chi connectivity index (χ0v) is 20.4. The Kier molecular flexibility index (Phi) is 6.16. The summed E-state index contributed by atoms with van der Waals surface area (Å²) in [4.78, 5) is 33.0. The Morgan fingerprint density at radius 3 is 2.59 bits per heavy atom. The van der Waals surface area contributed by atoms with E-state index in [1.807, 2.05) is 58.7 Å². The molecular formula is C24H30N6O4. The Morgan fingerprint density at radius 1 is 1.24 bits per heavy atom. The van der Waals surface area contributed by atoms with Crippen molar-refractivity contribution in [3.8, 4) is 11.3 Å². The number of amides is 1. The van der Waals surface area contributed by atoms with Gasteiger partial charge in [-0.1, -0.05) is 5.16 Å². The topological polar surface area (TPSA) is 107 Å². The van der Waals surface area contributed by atoms with Crippen molar-refractivity contribution in [2.45, 2.75) is 52.8 Å². The molecule has 0 saturated carbocycles. The molecule has 0 aliphatic carbocycles. The molecule has 0 N–H and O–H groups in total. The van der Waals surface area contributed by atoms with Crippen molar-refractivity contribution in [2.24, 2.45) is 0 Å². The quantitative estimate of drug-likeness (QED) is 0.565. The lowest BCUT2D eigenvalue weighted by molar-refractivity contribution is 0.00851. The average molecular weight is 467 g/mol. The number of carbonyl (C=O) groups excluding carboxylic acids is 1. The summed E-state index contributed by atoms with van der Waals surface area (Å²) in [6.07, 6.45) is 3.08. The minimum absolute atomic E-state index is 0.0885. The van der Waals surface area contributed by atoms with E-state index >= 15 is 0 Å². The van der Waals surface area contributed by atoms with Crippen LogP contribution in [0.4, 0.5) is 10.5 Å². The number of hydrogen-bond acceptors (Lipinski definition) is 8. The van der Waals surface area contributed by atoms with Gasteiger partial charge in [0, 0.05) is 49.2 Å². The van der Waals surface area contributed by atoms with Gasteiger partial charge in [-0.25, -0.2) is 9.48 Å². The molecule has 0 spiro atoms. The molecular weight excluding hydrogens is 436 g/mol. The highest BCUT2D eigenvalue weighted by Crippen LogP contribution is 2.26. The van der Waals surface area contributed by atoms with Gasteiger partial charge in [-0.2, -0.15) is 5.10 Å². The zero-order chi connectivity index (χ0) is 24.6. The van der Waals surface area contributed by atoms with Gasteiger partial charge in [0.1, 0.15) is 17.1 Å². The minimum atomic E-state index is -0.527. The molecule has 10 heteroatoms. The van der Waals surface area contributed by atoms with E-state index in [1.165, 1.54) is 4.68 Å². The summed E-state index contributed by atoms with van der Waals surface area (Å²) in [5.41, 5.74) is 3.10. The van der Waals surface area contributed by atoms with Crippen molar-refractivity contribution in [1.29, 1.82) is 0 Å². The van der Waals surface area contributed by atoms with E-state index in [2.05, 4.69) is 15.2 Å². The Labute approximate surface area is 198 Å². The van der Waals surface area contributed by atoms with Crippen LogP contribution in [0, 0.1) is 13.8 Å². The second-order valence-corrected chi connectivity index (χ2v) is 9.61. The fourth-order valence-corrected chi connectivity index (χ4v) is 3.68. The molecule has 3 aromatic rings. The highest BCUT2D eigenvalue weighted by atomic mass is 16.6. The lowest BCUT2D eigenvalue weighted by Crippen LogP contribution is -2.61. The summed E-state index contributed by atoms with van der Waals surface area (Å²) in [7, 11) is 1.89. The maximum Gasteiger partial charge on any atom is 0.410 e. The van der Waals surface area contributed by atoms with Crippen LogP contribution in [0.1, 0.15) is 37.8 Å². The number of carbonyl (C=O) groups is 1. The molecule has 1 saturated heterocycles. The van der Waals surface area contributed by atoms with Crippen molar-refractivity contribution >= 4 is 11.8 Å². The summed E-state index contributed by atoms with van der Waals surface area (Å²) in [5, 5.41) is 8.54. The lowest BCUT2D eigenvalue weighted by Gasteiger charge is -2.44. The largest absolute Gasteiger partial charge is 0.444 e. The van der Waals surface area contributed by atoms with E-state index in [0.29, 0.717) is 30.2 Å². The third-order valence-electron chi connectivity index (χ3n) is 5.80. The molecule has 10 nitrogen and oxygen atoms in total. The van der Waals surface area contributed by atoms with Gasteiger partial charge >= 0.3 is 6.09 Å². The maximum atomic E-state index is 12.9. The molecule has 1 aliphatic heterocycles. The van der Waals surface area contributed by atoms with Crippen LogP contribution in [-0.4, -0.2) is 62.7 Å². The van der Waals surface area contributed by atoms with Crippen LogP contribution in [-0.2, 0) is 11.3 Å². The number of likely N-dealkylation sites (N-methyl/N-ethyl adjacent to an activating group) is 1. The van der Waals surface area contributed by atoms with Crippen LogP contribution in [0.15, 0.2) is 39.9 Å². The van der Waals surface area contributed by atoms with Crippen molar-refractivity contribution in [3.05, 3.63) is 58.0 Å². The van der Waals surface area contributed by atoms with Gasteiger partial charge in [0.2, 0.25) is 0 Å². The van der Waals surface area contributed by atoms with Crippen LogP contribution >= 0.6 is 0 Å². The number of ether oxygens (including phenoxy) is 1. The van der Waals surface area contributed by atoms with Gasteiger partial charge < -0.3 is 19.1 Å². The number of aryl methyl sites for hydroxylation is 2. The number of hydrogen-bond donors (Lipinski definition) is 0. The second-order valence-electron chi connectivity index (χ2n) is 9.61. The zero-order valence-electron chi connectivity index (χ0n) is 20.4. The van der Waals surface area contributed by atoms with E-state index in [0.717, 1.165) is 16.8 Å². The number of aromatic nitrogens is 4. The monoisotopic (exact) mass is 466 g/mol. The lowest BCUT2D eigenvalue weighted by atomic mass is 10.1. The Bertz CT molecular complexity index is 1240. The van der Waals surface area contributed by atoms with Gasteiger partial charge in [0.25, 0.3) is 5.56 Å². The van der Waals surface area contributed by atoms with Crippen LogP contribution in [0.2, 0.25) is 0 Å². The molecule has 0 bridgehead atoms. The van der Waals surface area contributed by atoms with E-state index in [-0.39, 0.29) is 24.2 Å². The van der Waals surface area contributed by atoms with Crippen LogP contribution in [0.3, 0.4) is 0 Å². The van der Waals surface area contributed by atoms with Gasteiger partial charge in [0.15, 0.2) is 0 Å². The molecule has 180 valence electrons. The molecule has 0 atom stereocenters. The van der Waals surface area contributed by atoms with E-state index in [4.69, 9.17) is 9.26 Å². The third kappa shape index (κ3) is 4.95. The fourth-order valence-electron chi connectivity index (χ4n) is 3.68. The SMILES string of the molecule is Cc1ccc(-c2noc(C)c2Cn2ncc(N(C)C3CN(C(=O)OC(C)(C)C)C3)cc2=O)cn1. The smallest absolute Gasteiger partial charge is 0.410 e. The first-order chi connectivity index (χ1) is 16.0. The molecule has 1 aliphatic rings. The first-order valence-electron chi connectivity index (χ1n) is 11.2. The summed E-state index contributed by atoms with van der Waals surface area (Å²) in [5.74, 6) is 0.627. The third-order valence-corrected chi connectivity index (χ3v) is 5.80. The molecule has 4 rings (SSSR count). The average Bonchev–Trinajstić information content (AvgIpc) is 3.07. The highest BCUT2D eigenvalue weighted by molar-refractivity contribution is 5.70. The molecule has 1 fully saturated rings. The Balaban J connectivity index is 1.45. The summed E-state index contributed by atoms with van der Waals surface area (Å²) >= 11 is 0. The molecule has 0 aromatic carbocycles. The molecule has 3 aromatic heterocycles. The normalized spacial score (nSPS) is 14.1. The van der Waals surface area contributed by atoms with Crippen LogP contribution in [0.25, 0.3) is 11.3 Å².